The van der Waals surface area contributed by atoms with Gasteiger partial charge in [-0.1, -0.05) is 31.2 Å². The van der Waals surface area contributed by atoms with Crippen molar-refractivity contribution < 1.29 is 5.11 Å². The summed E-state index contributed by atoms with van der Waals surface area (Å²) in [7, 11) is -1.44. The van der Waals surface area contributed by atoms with Crippen LogP contribution in [0.15, 0.2) is 12.3 Å². The van der Waals surface area contributed by atoms with E-state index in [0.717, 1.165) is 5.19 Å². The molecule has 1 unspecified atom stereocenters. The molecule has 2 nitrogen and oxygen atoms in total. The summed E-state index contributed by atoms with van der Waals surface area (Å²) in [6.45, 7) is 8.35. The Kier molecular flexibility index (Phi) is 3.34. The topological polar surface area (TPSA) is 33.1 Å². The molecule has 1 rings (SSSR count). The summed E-state index contributed by atoms with van der Waals surface area (Å²) in [4.78, 5) is 4.09. The minimum Gasteiger partial charge on any atom is -0.387 e. The quantitative estimate of drug-likeness (QED) is 0.790. The summed E-state index contributed by atoms with van der Waals surface area (Å²) in [5.41, 5.74) is 0.589. The van der Waals surface area contributed by atoms with Crippen molar-refractivity contribution in [1.82, 2.24) is 4.98 Å². The third-order valence-electron chi connectivity index (χ3n) is 2.12. The first kappa shape index (κ1) is 11.7. The van der Waals surface area contributed by atoms with Crippen LogP contribution in [0.5, 0.6) is 0 Å². The molecule has 1 heterocycles. The van der Waals surface area contributed by atoms with Crippen LogP contribution < -0.4 is 5.19 Å². The zero-order valence-corrected chi connectivity index (χ0v) is 10.8. The van der Waals surface area contributed by atoms with Gasteiger partial charge in [0.25, 0.3) is 0 Å². The summed E-state index contributed by atoms with van der Waals surface area (Å²) in [6.07, 6.45) is 1.13. The number of aliphatic hydroxyl groups is 1. The van der Waals surface area contributed by atoms with Gasteiger partial charge >= 0.3 is 0 Å². The molecule has 78 valence electrons. The van der Waals surface area contributed by atoms with Crippen molar-refractivity contribution >= 4 is 24.9 Å². The zero-order chi connectivity index (χ0) is 10.9. The predicted molar refractivity (Wildman–Crippen MR) is 62.9 cm³/mol. The summed E-state index contributed by atoms with van der Waals surface area (Å²) < 4.78 is 0. The first-order chi connectivity index (χ1) is 6.34. The molecule has 0 aliphatic carbocycles. The third kappa shape index (κ3) is 2.35. The van der Waals surface area contributed by atoms with Gasteiger partial charge in [-0.05, 0) is 18.2 Å². The minimum atomic E-state index is -1.44. The van der Waals surface area contributed by atoms with Gasteiger partial charge in [0.2, 0.25) is 0 Å². The maximum absolute atomic E-state index is 9.46. The van der Waals surface area contributed by atoms with Gasteiger partial charge in [-0.2, -0.15) is 0 Å². The second-order valence-electron chi connectivity index (χ2n) is 4.48. The molecular weight excluding hydrogens is 214 g/mol. The van der Waals surface area contributed by atoms with Gasteiger partial charge in [0.05, 0.1) is 24.9 Å². The Bertz CT molecular complexity index is 333. The largest absolute Gasteiger partial charge is 0.387 e. The molecule has 0 saturated heterocycles. The monoisotopic (exact) mass is 229 g/mol. The molecule has 1 aromatic rings. The highest BCUT2D eigenvalue weighted by Gasteiger charge is 2.22. The number of hydrogen-bond acceptors (Lipinski definition) is 2. The summed E-state index contributed by atoms with van der Waals surface area (Å²) in [5, 5.41) is 11.3. The fraction of sp³-hybridized carbons (Fsp3) is 0.500. The van der Waals surface area contributed by atoms with Gasteiger partial charge in [0, 0.05) is 6.20 Å². The molecule has 0 bridgehead atoms. The van der Waals surface area contributed by atoms with Crippen LogP contribution in [0.1, 0.15) is 18.7 Å². The first-order valence-electron chi connectivity index (χ1n) is 4.67. The summed E-state index contributed by atoms with van der Waals surface area (Å²) in [5.74, 6) is 0. The molecule has 0 radical (unpaired) electrons. The molecule has 0 fully saturated rings. The van der Waals surface area contributed by atoms with Crippen molar-refractivity contribution in [3.63, 3.8) is 0 Å². The molecule has 14 heavy (non-hydrogen) atoms. The second kappa shape index (κ2) is 4.01. The van der Waals surface area contributed by atoms with Gasteiger partial charge in [-0.3, -0.25) is 4.98 Å². The highest BCUT2D eigenvalue weighted by Crippen LogP contribution is 2.20. The number of aliphatic hydroxyl groups excluding tert-OH is 1. The Balaban J connectivity index is 3.28. The molecule has 0 aliphatic rings. The van der Waals surface area contributed by atoms with Crippen molar-refractivity contribution in [2.75, 3.05) is 0 Å². The number of hydrogen-bond donors (Lipinski definition) is 1. The number of rotatable bonds is 2. The van der Waals surface area contributed by atoms with Crippen LogP contribution in [0.25, 0.3) is 0 Å². The molecule has 0 spiro atoms. The average Bonchev–Trinajstić information content (AvgIpc) is 2.01. The lowest BCUT2D eigenvalue weighted by Gasteiger charge is -2.20. The maximum atomic E-state index is 9.46. The van der Waals surface area contributed by atoms with Gasteiger partial charge in [0.15, 0.2) is 0 Å². The SMILES string of the molecule is CC(O)c1nccc([Si](C)(C)C)c1Cl. The molecule has 1 N–H and O–H groups in total. The van der Waals surface area contributed by atoms with Crippen molar-refractivity contribution in [1.29, 1.82) is 0 Å². The zero-order valence-electron chi connectivity index (χ0n) is 9.00. The van der Waals surface area contributed by atoms with E-state index >= 15 is 0 Å². The van der Waals surface area contributed by atoms with Crippen LogP contribution in [0, 0.1) is 0 Å². The van der Waals surface area contributed by atoms with Crippen molar-refractivity contribution in [3.05, 3.63) is 23.0 Å². The molecular formula is C10H16ClNOSi. The van der Waals surface area contributed by atoms with E-state index in [9.17, 15) is 5.11 Å². The van der Waals surface area contributed by atoms with Gasteiger partial charge < -0.3 is 5.11 Å². The highest BCUT2D eigenvalue weighted by molar-refractivity contribution is 6.90. The van der Waals surface area contributed by atoms with E-state index in [0.29, 0.717) is 10.7 Å². The molecule has 1 aromatic heterocycles. The Hall–Kier alpha value is -0.383. The lowest BCUT2D eigenvalue weighted by molar-refractivity contribution is 0.194. The van der Waals surface area contributed by atoms with Crippen molar-refractivity contribution in [3.8, 4) is 0 Å². The molecule has 0 aliphatic heterocycles. The standard InChI is InChI=1S/C10H16ClNOSi/c1-7(13)10-9(11)8(5-6-12-10)14(2,3)4/h5-7,13H,1-4H3. The number of aromatic nitrogens is 1. The number of halogens is 1. The van der Waals surface area contributed by atoms with Crippen LogP contribution in [0.3, 0.4) is 0 Å². The van der Waals surface area contributed by atoms with Gasteiger partial charge in [-0.15, -0.1) is 0 Å². The van der Waals surface area contributed by atoms with Crippen LogP contribution >= 0.6 is 11.6 Å². The molecule has 0 aromatic carbocycles. The average molecular weight is 230 g/mol. The third-order valence-corrected chi connectivity index (χ3v) is 4.71. The van der Waals surface area contributed by atoms with Crippen molar-refractivity contribution in [2.45, 2.75) is 32.7 Å². The van der Waals surface area contributed by atoms with Gasteiger partial charge in [-0.25, -0.2) is 0 Å². The Morgan fingerprint density at radius 1 is 1.43 bits per heavy atom. The normalized spacial score (nSPS) is 14.1. The van der Waals surface area contributed by atoms with E-state index in [1.807, 2.05) is 6.07 Å². The molecule has 0 saturated carbocycles. The van der Waals surface area contributed by atoms with Gasteiger partial charge in [0.1, 0.15) is 0 Å². The second-order valence-corrected chi connectivity index (χ2v) is 9.90. The van der Waals surface area contributed by atoms with Crippen molar-refractivity contribution in [2.24, 2.45) is 0 Å². The Morgan fingerprint density at radius 2 is 2.00 bits per heavy atom. The smallest absolute Gasteiger partial charge is 0.0946 e. The van der Waals surface area contributed by atoms with Crippen LogP contribution in [0.2, 0.25) is 24.7 Å². The summed E-state index contributed by atoms with van der Waals surface area (Å²) >= 11 is 6.20. The number of pyridine rings is 1. The van der Waals surface area contributed by atoms with Crippen LogP contribution in [-0.2, 0) is 0 Å². The van der Waals surface area contributed by atoms with E-state index < -0.39 is 14.2 Å². The molecule has 1 atom stereocenters. The molecule has 0 amide bonds. The van der Waals surface area contributed by atoms with E-state index in [1.165, 1.54) is 0 Å². The first-order valence-corrected chi connectivity index (χ1v) is 8.54. The molecule has 4 heteroatoms. The Morgan fingerprint density at radius 3 is 2.43 bits per heavy atom. The predicted octanol–water partition coefficient (Wildman–Crippen LogP) is 2.33. The Labute approximate surface area is 91.0 Å². The fourth-order valence-corrected chi connectivity index (χ4v) is 3.81. The van der Waals surface area contributed by atoms with Crippen LogP contribution in [-0.4, -0.2) is 18.2 Å². The van der Waals surface area contributed by atoms with E-state index in [4.69, 9.17) is 11.6 Å². The maximum Gasteiger partial charge on any atom is 0.0946 e. The van der Waals surface area contributed by atoms with E-state index in [-0.39, 0.29) is 0 Å². The lowest BCUT2D eigenvalue weighted by atomic mass is 10.2. The summed E-state index contributed by atoms with van der Waals surface area (Å²) in [6, 6.07) is 1.96. The van der Waals surface area contributed by atoms with E-state index in [1.54, 1.807) is 13.1 Å². The lowest BCUT2D eigenvalue weighted by Crippen LogP contribution is -2.39. The van der Waals surface area contributed by atoms with Crippen LogP contribution in [0.4, 0.5) is 0 Å². The fourth-order valence-electron chi connectivity index (χ4n) is 1.33. The van der Waals surface area contributed by atoms with E-state index in [2.05, 4.69) is 24.6 Å². The minimum absolute atomic E-state index is 0.589. The highest BCUT2D eigenvalue weighted by atomic mass is 35.5. The number of nitrogens with zero attached hydrogens (tertiary/aromatic N) is 1.